The maximum atomic E-state index is 10.8. The number of carbonyl (C=O) groups is 1. The molecule has 1 aromatic carbocycles. The van der Waals surface area contributed by atoms with Gasteiger partial charge in [0, 0.05) is 11.1 Å². The summed E-state index contributed by atoms with van der Waals surface area (Å²) in [5, 5.41) is 9.54. The molecular weight excluding hydrogens is 250 g/mol. The van der Waals surface area contributed by atoms with E-state index >= 15 is 0 Å². The average Bonchev–Trinajstić information content (AvgIpc) is 2.40. The van der Waals surface area contributed by atoms with Crippen LogP contribution in [0.25, 0.3) is 0 Å². The Labute approximate surface area is 109 Å². The molecule has 0 saturated carbocycles. The van der Waals surface area contributed by atoms with Crippen molar-refractivity contribution in [3.05, 3.63) is 48.2 Å². The van der Waals surface area contributed by atoms with Gasteiger partial charge < -0.3 is 9.84 Å². The molecule has 0 atom stereocenters. The molecule has 18 heavy (non-hydrogen) atoms. The van der Waals surface area contributed by atoms with Gasteiger partial charge >= 0.3 is 5.97 Å². The van der Waals surface area contributed by atoms with Gasteiger partial charge in [-0.2, -0.15) is 0 Å². The van der Waals surface area contributed by atoms with E-state index in [9.17, 15) is 4.79 Å². The molecule has 5 heteroatoms. The van der Waals surface area contributed by atoms with Crippen LogP contribution in [-0.4, -0.2) is 23.2 Å². The number of benzene rings is 1. The van der Waals surface area contributed by atoms with Crippen LogP contribution in [0.4, 0.5) is 0 Å². The molecule has 0 aliphatic rings. The van der Waals surface area contributed by atoms with E-state index in [-0.39, 0.29) is 5.56 Å². The van der Waals surface area contributed by atoms with Crippen molar-refractivity contribution in [2.75, 3.05) is 7.11 Å². The zero-order valence-corrected chi connectivity index (χ0v) is 10.5. The van der Waals surface area contributed by atoms with Gasteiger partial charge in [0.25, 0.3) is 0 Å². The lowest BCUT2D eigenvalue weighted by atomic mass is 10.3. The van der Waals surface area contributed by atoms with Gasteiger partial charge in [0.15, 0.2) is 0 Å². The fourth-order valence-corrected chi connectivity index (χ4v) is 2.18. The maximum Gasteiger partial charge on any atom is 0.335 e. The Morgan fingerprint density at radius 2 is 2.00 bits per heavy atom. The summed E-state index contributed by atoms with van der Waals surface area (Å²) >= 11 is 1.41. The highest BCUT2D eigenvalue weighted by Crippen LogP contribution is 2.27. The van der Waals surface area contributed by atoms with Crippen LogP contribution in [0, 0.1) is 0 Å². The van der Waals surface area contributed by atoms with Crippen molar-refractivity contribution in [1.29, 1.82) is 0 Å². The number of rotatable bonds is 4. The van der Waals surface area contributed by atoms with Crippen LogP contribution >= 0.6 is 11.8 Å². The Bertz CT molecular complexity index is 554. The zero-order valence-electron chi connectivity index (χ0n) is 9.66. The minimum absolute atomic E-state index is 0.237. The van der Waals surface area contributed by atoms with Crippen molar-refractivity contribution in [1.82, 2.24) is 4.98 Å². The van der Waals surface area contributed by atoms with Crippen LogP contribution in [0.2, 0.25) is 0 Å². The fraction of sp³-hybridized carbons (Fsp3) is 0.0769. The third kappa shape index (κ3) is 3.01. The molecule has 0 fully saturated rings. The monoisotopic (exact) mass is 261 g/mol. The first-order valence-corrected chi connectivity index (χ1v) is 6.02. The Hall–Kier alpha value is -2.01. The number of hydrogen-bond acceptors (Lipinski definition) is 4. The summed E-state index contributed by atoms with van der Waals surface area (Å²) in [6.07, 6.45) is 1.50. The molecule has 4 nitrogen and oxygen atoms in total. The molecule has 2 rings (SSSR count). The van der Waals surface area contributed by atoms with E-state index < -0.39 is 5.97 Å². The first-order valence-electron chi connectivity index (χ1n) is 5.20. The summed E-state index contributed by atoms with van der Waals surface area (Å²) in [7, 11) is 1.61. The van der Waals surface area contributed by atoms with Crippen LogP contribution in [0.3, 0.4) is 0 Å². The van der Waals surface area contributed by atoms with Gasteiger partial charge in [-0.3, -0.25) is 0 Å². The second-order valence-corrected chi connectivity index (χ2v) is 4.56. The standard InChI is InChI=1S/C13H11NO3S/c1-17-10-2-4-11(5-3-10)18-12-8-9(13(15)16)6-7-14-12/h2-8H,1H3,(H,15,16). The number of ether oxygens (including phenoxy) is 1. The van der Waals surface area contributed by atoms with Gasteiger partial charge in [-0.05, 0) is 36.4 Å². The highest BCUT2D eigenvalue weighted by atomic mass is 32.2. The van der Waals surface area contributed by atoms with Crippen LogP contribution in [0.1, 0.15) is 10.4 Å². The predicted molar refractivity (Wildman–Crippen MR) is 68.3 cm³/mol. The first kappa shape index (κ1) is 12.4. The summed E-state index contributed by atoms with van der Waals surface area (Å²) in [4.78, 5) is 15.9. The van der Waals surface area contributed by atoms with Crippen molar-refractivity contribution in [3.63, 3.8) is 0 Å². The summed E-state index contributed by atoms with van der Waals surface area (Å²) in [5.74, 6) is -0.166. The van der Waals surface area contributed by atoms with Crippen molar-refractivity contribution >= 4 is 17.7 Å². The van der Waals surface area contributed by atoms with E-state index in [2.05, 4.69) is 4.98 Å². The van der Waals surface area contributed by atoms with E-state index in [0.717, 1.165) is 10.6 Å². The molecule has 0 spiro atoms. The van der Waals surface area contributed by atoms with Gasteiger partial charge in [0.2, 0.25) is 0 Å². The molecule has 0 unspecified atom stereocenters. The van der Waals surface area contributed by atoms with Crippen molar-refractivity contribution < 1.29 is 14.6 Å². The fourth-order valence-electron chi connectivity index (χ4n) is 1.36. The van der Waals surface area contributed by atoms with E-state index in [4.69, 9.17) is 9.84 Å². The summed E-state index contributed by atoms with van der Waals surface area (Å²) < 4.78 is 5.07. The molecule has 0 aliphatic carbocycles. The van der Waals surface area contributed by atoms with Crippen LogP contribution in [0.5, 0.6) is 5.75 Å². The summed E-state index contributed by atoms with van der Waals surface area (Å²) in [6, 6.07) is 10.5. The number of carboxylic acids is 1. The third-order valence-electron chi connectivity index (χ3n) is 2.26. The second kappa shape index (κ2) is 5.55. The topological polar surface area (TPSA) is 59.4 Å². The van der Waals surface area contributed by atoms with Crippen molar-refractivity contribution in [2.45, 2.75) is 9.92 Å². The molecule has 92 valence electrons. The number of pyridine rings is 1. The van der Waals surface area contributed by atoms with Crippen molar-refractivity contribution in [3.8, 4) is 5.75 Å². The Kier molecular flexibility index (Phi) is 3.84. The van der Waals surface area contributed by atoms with Crippen molar-refractivity contribution in [2.24, 2.45) is 0 Å². The van der Waals surface area contributed by atoms with E-state index in [1.165, 1.54) is 24.0 Å². The Morgan fingerprint density at radius 1 is 1.28 bits per heavy atom. The maximum absolute atomic E-state index is 10.8. The highest BCUT2D eigenvalue weighted by Gasteiger charge is 2.05. The first-order chi connectivity index (χ1) is 8.69. The molecule has 2 aromatic rings. The minimum atomic E-state index is -0.950. The van der Waals surface area contributed by atoms with Crippen LogP contribution in [0.15, 0.2) is 52.5 Å². The van der Waals surface area contributed by atoms with Crippen LogP contribution in [-0.2, 0) is 0 Å². The van der Waals surface area contributed by atoms with Crippen LogP contribution < -0.4 is 4.74 Å². The number of aromatic nitrogens is 1. The molecule has 0 amide bonds. The molecule has 0 aliphatic heterocycles. The molecule has 0 bridgehead atoms. The van der Waals surface area contributed by atoms with Gasteiger partial charge in [0.1, 0.15) is 10.8 Å². The van der Waals surface area contributed by atoms with E-state index in [1.807, 2.05) is 24.3 Å². The molecular formula is C13H11NO3S. The normalized spacial score (nSPS) is 10.1. The molecule has 0 radical (unpaired) electrons. The largest absolute Gasteiger partial charge is 0.497 e. The van der Waals surface area contributed by atoms with Gasteiger partial charge in [-0.25, -0.2) is 9.78 Å². The lowest BCUT2D eigenvalue weighted by Crippen LogP contribution is -1.96. The van der Waals surface area contributed by atoms with E-state index in [0.29, 0.717) is 5.03 Å². The smallest absolute Gasteiger partial charge is 0.335 e. The third-order valence-corrected chi connectivity index (χ3v) is 3.20. The van der Waals surface area contributed by atoms with Gasteiger partial charge in [-0.1, -0.05) is 11.8 Å². The number of carboxylic acid groups (broad SMARTS) is 1. The SMILES string of the molecule is COc1ccc(Sc2cc(C(=O)O)ccn2)cc1. The molecule has 1 N–H and O–H groups in total. The van der Waals surface area contributed by atoms with E-state index in [1.54, 1.807) is 13.2 Å². The quantitative estimate of drug-likeness (QED) is 0.917. The lowest BCUT2D eigenvalue weighted by molar-refractivity contribution is 0.0696. The lowest BCUT2D eigenvalue weighted by Gasteiger charge is -2.03. The Morgan fingerprint density at radius 3 is 2.61 bits per heavy atom. The van der Waals surface area contributed by atoms with Gasteiger partial charge in [-0.15, -0.1) is 0 Å². The highest BCUT2D eigenvalue weighted by molar-refractivity contribution is 7.99. The number of nitrogens with zero attached hydrogens (tertiary/aromatic N) is 1. The molecule has 1 aromatic heterocycles. The second-order valence-electron chi connectivity index (χ2n) is 3.47. The Balaban J connectivity index is 2.17. The predicted octanol–water partition coefficient (Wildman–Crippen LogP) is 2.94. The summed E-state index contributed by atoms with van der Waals surface area (Å²) in [5.41, 5.74) is 0.237. The zero-order chi connectivity index (χ0) is 13.0. The number of methoxy groups -OCH3 is 1. The summed E-state index contributed by atoms with van der Waals surface area (Å²) in [6.45, 7) is 0. The molecule has 1 heterocycles. The minimum Gasteiger partial charge on any atom is -0.497 e. The van der Waals surface area contributed by atoms with Gasteiger partial charge in [0.05, 0.1) is 12.7 Å². The number of hydrogen-bond donors (Lipinski definition) is 1. The number of aromatic carboxylic acids is 1. The molecule has 0 saturated heterocycles. The average molecular weight is 261 g/mol.